The van der Waals surface area contributed by atoms with Crippen LogP contribution in [0.4, 0.5) is 0 Å². The standard InChI is InChI=1S/C12H16BrNO2/c1-3-16-12(15)8(2)11(14)9-4-6-10(13)7-5-9/h4-8,11H,3,14H2,1-2H3. The molecule has 1 rings (SSSR count). The first-order valence-electron chi connectivity index (χ1n) is 5.24. The average Bonchev–Trinajstić information content (AvgIpc) is 2.28. The Morgan fingerprint density at radius 1 is 1.44 bits per heavy atom. The van der Waals surface area contributed by atoms with Crippen LogP contribution in [0.5, 0.6) is 0 Å². The van der Waals surface area contributed by atoms with E-state index in [9.17, 15) is 4.79 Å². The first kappa shape index (κ1) is 13.2. The molecule has 0 spiro atoms. The predicted molar refractivity (Wildman–Crippen MR) is 66.9 cm³/mol. The highest BCUT2D eigenvalue weighted by Crippen LogP contribution is 2.22. The first-order chi connectivity index (χ1) is 7.56. The zero-order valence-corrected chi connectivity index (χ0v) is 11.0. The molecule has 1 aromatic carbocycles. The van der Waals surface area contributed by atoms with Gasteiger partial charge in [-0.15, -0.1) is 0 Å². The molecule has 0 fully saturated rings. The molecule has 0 aromatic heterocycles. The molecule has 1 aromatic rings. The van der Waals surface area contributed by atoms with Gasteiger partial charge in [-0.2, -0.15) is 0 Å². The van der Waals surface area contributed by atoms with Gasteiger partial charge in [0, 0.05) is 10.5 Å². The van der Waals surface area contributed by atoms with Crippen molar-refractivity contribution in [3.8, 4) is 0 Å². The predicted octanol–water partition coefficient (Wildman–Crippen LogP) is 2.65. The topological polar surface area (TPSA) is 52.3 Å². The van der Waals surface area contributed by atoms with E-state index < -0.39 is 0 Å². The van der Waals surface area contributed by atoms with E-state index in [1.165, 1.54) is 0 Å². The molecular weight excluding hydrogens is 270 g/mol. The summed E-state index contributed by atoms with van der Waals surface area (Å²) >= 11 is 3.35. The highest BCUT2D eigenvalue weighted by atomic mass is 79.9. The van der Waals surface area contributed by atoms with Crippen molar-refractivity contribution < 1.29 is 9.53 Å². The number of benzene rings is 1. The number of carbonyl (C=O) groups is 1. The minimum Gasteiger partial charge on any atom is -0.466 e. The van der Waals surface area contributed by atoms with Crippen LogP contribution in [0, 0.1) is 5.92 Å². The van der Waals surface area contributed by atoms with Crippen LogP contribution >= 0.6 is 15.9 Å². The minimum atomic E-state index is -0.332. The summed E-state index contributed by atoms with van der Waals surface area (Å²) < 4.78 is 5.93. The number of nitrogens with two attached hydrogens (primary N) is 1. The fourth-order valence-electron chi connectivity index (χ4n) is 1.39. The molecule has 0 bridgehead atoms. The molecule has 2 unspecified atom stereocenters. The Morgan fingerprint density at radius 3 is 2.50 bits per heavy atom. The maximum absolute atomic E-state index is 11.5. The molecule has 16 heavy (non-hydrogen) atoms. The van der Waals surface area contributed by atoms with Crippen LogP contribution in [0.1, 0.15) is 25.5 Å². The van der Waals surface area contributed by atoms with Crippen LogP contribution in [-0.2, 0) is 9.53 Å². The van der Waals surface area contributed by atoms with Crippen molar-refractivity contribution in [3.63, 3.8) is 0 Å². The van der Waals surface area contributed by atoms with Crippen LogP contribution in [0.15, 0.2) is 28.7 Å². The molecule has 0 saturated heterocycles. The third-order valence-electron chi connectivity index (χ3n) is 2.45. The zero-order chi connectivity index (χ0) is 12.1. The summed E-state index contributed by atoms with van der Waals surface area (Å²) in [5, 5.41) is 0. The fourth-order valence-corrected chi connectivity index (χ4v) is 1.66. The highest BCUT2D eigenvalue weighted by molar-refractivity contribution is 9.10. The van der Waals surface area contributed by atoms with E-state index in [-0.39, 0.29) is 17.9 Å². The molecule has 2 N–H and O–H groups in total. The molecule has 0 aliphatic rings. The van der Waals surface area contributed by atoms with Crippen molar-refractivity contribution in [1.29, 1.82) is 0 Å². The molecule has 0 radical (unpaired) electrons. The number of halogens is 1. The summed E-state index contributed by atoms with van der Waals surface area (Å²) in [4.78, 5) is 11.5. The second kappa shape index (κ2) is 6.01. The van der Waals surface area contributed by atoms with Gasteiger partial charge >= 0.3 is 5.97 Å². The van der Waals surface area contributed by atoms with Crippen molar-refractivity contribution >= 4 is 21.9 Å². The number of hydrogen-bond donors (Lipinski definition) is 1. The summed E-state index contributed by atoms with van der Waals surface area (Å²) in [7, 11) is 0. The number of hydrogen-bond acceptors (Lipinski definition) is 3. The van der Waals surface area contributed by atoms with Gasteiger partial charge in [0.15, 0.2) is 0 Å². The molecule has 2 atom stereocenters. The van der Waals surface area contributed by atoms with E-state index in [4.69, 9.17) is 10.5 Å². The molecule has 4 heteroatoms. The van der Waals surface area contributed by atoms with Gasteiger partial charge in [-0.1, -0.05) is 35.0 Å². The van der Waals surface area contributed by atoms with Gasteiger partial charge in [-0.3, -0.25) is 4.79 Å². The fraction of sp³-hybridized carbons (Fsp3) is 0.417. The van der Waals surface area contributed by atoms with Crippen molar-refractivity contribution in [2.24, 2.45) is 11.7 Å². The van der Waals surface area contributed by atoms with E-state index >= 15 is 0 Å². The molecule has 0 aliphatic heterocycles. The van der Waals surface area contributed by atoms with Crippen molar-refractivity contribution in [2.75, 3.05) is 6.61 Å². The summed E-state index contributed by atoms with van der Waals surface area (Å²) in [6, 6.07) is 7.31. The molecule has 0 aliphatic carbocycles. The van der Waals surface area contributed by atoms with Gasteiger partial charge in [0.05, 0.1) is 12.5 Å². The van der Waals surface area contributed by atoms with E-state index in [1.807, 2.05) is 24.3 Å². The lowest BCUT2D eigenvalue weighted by Crippen LogP contribution is -2.27. The lowest BCUT2D eigenvalue weighted by atomic mass is 9.95. The van der Waals surface area contributed by atoms with Crippen LogP contribution in [0.3, 0.4) is 0 Å². The van der Waals surface area contributed by atoms with Crippen molar-refractivity contribution in [2.45, 2.75) is 19.9 Å². The molecular formula is C12H16BrNO2. The van der Waals surface area contributed by atoms with Gasteiger partial charge in [0.25, 0.3) is 0 Å². The van der Waals surface area contributed by atoms with Gasteiger partial charge < -0.3 is 10.5 Å². The normalized spacial score (nSPS) is 14.2. The van der Waals surface area contributed by atoms with Gasteiger partial charge in [0.2, 0.25) is 0 Å². The van der Waals surface area contributed by atoms with Gasteiger partial charge in [-0.05, 0) is 24.6 Å². The SMILES string of the molecule is CCOC(=O)C(C)C(N)c1ccc(Br)cc1. The third kappa shape index (κ3) is 3.32. The highest BCUT2D eigenvalue weighted by Gasteiger charge is 2.23. The average molecular weight is 286 g/mol. The first-order valence-corrected chi connectivity index (χ1v) is 6.03. The van der Waals surface area contributed by atoms with E-state index in [0.29, 0.717) is 6.61 Å². The Kier molecular flexibility index (Phi) is 4.96. The molecule has 0 amide bonds. The van der Waals surface area contributed by atoms with Crippen LogP contribution in [0.2, 0.25) is 0 Å². The second-order valence-corrected chi connectivity index (χ2v) is 4.53. The Hall–Kier alpha value is -0.870. The second-order valence-electron chi connectivity index (χ2n) is 3.62. The zero-order valence-electron chi connectivity index (χ0n) is 9.44. The summed E-state index contributed by atoms with van der Waals surface area (Å²) in [5.74, 6) is -0.584. The number of rotatable bonds is 4. The van der Waals surface area contributed by atoms with E-state index in [1.54, 1.807) is 13.8 Å². The van der Waals surface area contributed by atoms with E-state index in [2.05, 4.69) is 15.9 Å². The maximum Gasteiger partial charge on any atom is 0.310 e. The molecule has 0 heterocycles. The van der Waals surface area contributed by atoms with Crippen LogP contribution < -0.4 is 5.73 Å². The number of ether oxygens (including phenoxy) is 1. The van der Waals surface area contributed by atoms with Crippen molar-refractivity contribution in [3.05, 3.63) is 34.3 Å². The van der Waals surface area contributed by atoms with Gasteiger partial charge in [-0.25, -0.2) is 0 Å². The number of carbonyl (C=O) groups excluding carboxylic acids is 1. The molecule has 0 saturated carbocycles. The van der Waals surface area contributed by atoms with E-state index in [0.717, 1.165) is 10.0 Å². The Labute approximate surface area is 104 Å². The smallest absolute Gasteiger partial charge is 0.310 e. The number of esters is 1. The quantitative estimate of drug-likeness (QED) is 0.866. The molecule has 88 valence electrons. The lowest BCUT2D eigenvalue weighted by Gasteiger charge is -2.18. The summed E-state index contributed by atoms with van der Waals surface area (Å²) in [5.41, 5.74) is 6.94. The van der Waals surface area contributed by atoms with Crippen LogP contribution in [-0.4, -0.2) is 12.6 Å². The summed E-state index contributed by atoms with van der Waals surface area (Å²) in [6.07, 6.45) is 0. The Balaban J connectivity index is 2.73. The van der Waals surface area contributed by atoms with Crippen LogP contribution in [0.25, 0.3) is 0 Å². The lowest BCUT2D eigenvalue weighted by molar-refractivity contribution is -0.148. The minimum absolute atomic E-state index is 0.252. The summed E-state index contributed by atoms with van der Waals surface area (Å²) in [6.45, 7) is 3.96. The van der Waals surface area contributed by atoms with Gasteiger partial charge in [0.1, 0.15) is 0 Å². The third-order valence-corrected chi connectivity index (χ3v) is 2.98. The molecule has 3 nitrogen and oxygen atoms in total. The largest absolute Gasteiger partial charge is 0.466 e. The van der Waals surface area contributed by atoms with Crippen molar-refractivity contribution in [1.82, 2.24) is 0 Å². The maximum atomic E-state index is 11.5. The Morgan fingerprint density at radius 2 is 2.00 bits per heavy atom. The Bertz CT molecular complexity index is 351. The monoisotopic (exact) mass is 285 g/mol.